The third kappa shape index (κ3) is 7.32. The van der Waals surface area contributed by atoms with Crippen molar-refractivity contribution in [2.75, 3.05) is 11.9 Å². The highest BCUT2D eigenvalue weighted by molar-refractivity contribution is 6.39. The van der Waals surface area contributed by atoms with Crippen LogP contribution in [0.15, 0.2) is 53.6 Å². The normalized spacial score (nSPS) is 10.6. The molecule has 0 fully saturated rings. The number of hydrazone groups is 1. The van der Waals surface area contributed by atoms with Crippen molar-refractivity contribution in [1.29, 1.82) is 0 Å². The van der Waals surface area contributed by atoms with Gasteiger partial charge in [-0.1, -0.05) is 49.6 Å². The Morgan fingerprint density at radius 2 is 1.70 bits per heavy atom. The average Bonchev–Trinajstić information content (AvgIpc) is 2.68. The highest BCUT2D eigenvalue weighted by Gasteiger charge is 2.12. The number of anilines is 1. The van der Waals surface area contributed by atoms with Crippen molar-refractivity contribution in [3.05, 3.63) is 59.7 Å². The molecule has 2 aromatic rings. The molecule has 0 saturated carbocycles. The van der Waals surface area contributed by atoms with Gasteiger partial charge in [-0.15, -0.1) is 0 Å². The number of benzene rings is 2. The SMILES string of the molecule is CCCCCOc1ccc(NC(=O)C(=O)NN=Cc2ccc(C)cc2)cc1. The molecule has 2 amide bonds. The molecule has 0 saturated heterocycles. The average molecular weight is 367 g/mol. The second kappa shape index (κ2) is 10.8. The molecule has 27 heavy (non-hydrogen) atoms. The number of nitrogens with one attached hydrogen (secondary N) is 2. The van der Waals surface area contributed by atoms with Crippen molar-refractivity contribution in [3.63, 3.8) is 0 Å². The number of carbonyl (C=O) groups excluding carboxylic acids is 2. The van der Waals surface area contributed by atoms with Gasteiger partial charge < -0.3 is 10.1 Å². The zero-order valence-electron chi connectivity index (χ0n) is 15.7. The minimum atomic E-state index is -0.835. The van der Waals surface area contributed by atoms with Gasteiger partial charge >= 0.3 is 11.8 Å². The van der Waals surface area contributed by atoms with E-state index in [2.05, 4.69) is 22.8 Å². The summed E-state index contributed by atoms with van der Waals surface area (Å²) in [5.41, 5.74) is 4.69. The van der Waals surface area contributed by atoms with Gasteiger partial charge in [0.05, 0.1) is 12.8 Å². The lowest BCUT2D eigenvalue weighted by Gasteiger charge is -2.07. The summed E-state index contributed by atoms with van der Waals surface area (Å²) in [7, 11) is 0. The fourth-order valence-corrected chi connectivity index (χ4v) is 2.23. The molecule has 0 radical (unpaired) electrons. The van der Waals surface area contributed by atoms with Gasteiger partial charge in [0.1, 0.15) is 5.75 Å². The quantitative estimate of drug-likeness (QED) is 0.323. The number of hydrogen-bond donors (Lipinski definition) is 2. The Balaban J connectivity index is 1.78. The van der Waals surface area contributed by atoms with Crippen LogP contribution in [0.1, 0.15) is 37.3 Å². The lowest BCUT2D eigenvalue weighted by atomic mass is 10.2. The van der Waals surface area contributed by atoms with Gasteiger partial charge in [0.25, 0.3) is 0 Å². The number of hydrogen-bond acceptors (Lipinski definition) is 4. The Morgan fingerprint density at radius 1 is 1.00 bits per heavy atom. The molecule has 0 bridgehead atoms. The third-order valence-electron chi connectivity index (χ3n) is 3.79. The Bertz CT molecular complexity index is 768. The van der Waals surface area contributed by atoms with E-state index >= 15 is 0 Å². The molecule has 0 unspecified atom stereocenters. The molecule has 2 rings (SSSR count). The summed E-state index contributed by atoms with van der Waals surface area (Å²) >= 11 is 0. The molecule has 0 aliphatic rings. The van der Waals surface area contributed by atoms with Crippen LogP contribution in [-0.4, -0.2) is 24.6 Å². The summed E-state index contributed by atoms with van der Waals surface area (Å²) in [5.74, 6) is -0.887. The summed E-state index contributed by atoms with van der Waals surface area (Å²) in [4.78, 5) is 23.7. The minimum absolute atomic E-state index is 0.513. The van der Waals surface area contributed by atoms with Gasteiger partial charge in [-0.25, -0.2) is 5.43 Å². The van der Waals surface area contributed by atoms with Gasteiger partial charge in [0.2, 0.25) is 0 Å². The molecule has 0 aromatic heterocycles. The first kappa shape index (κ1) is 20.2. The number of amides is 2. The Labute approximate surface area is 159 Å². The molecule has 2 aromatic carbocycles. The molecule has 0 heterocycles. The summed E-state index contributed by atoms with van der Waals surface area (Å²) < 4.78 is 5.61. The first-order chi connectivity index (χ1) is 13.1. The number of rotatable bonds is 8. The maximum absolute atomic E-state index is 11.9. The van der Waals surface area contributed by atoms with Crippen molar-refractivity contribution in [3.8, 4) is 5.75 Å². The van der Waals surface area contributed by atoms with Crippen molar-refractivity contribution < 1.29 is 14.3 Å². The fourth-order valence-electron chi connectivity index (χ4n) is 2.23. The lowest BCUT2D eigenvalue weighted by Crippen LogP contribution is -2.32. The molecule has 0 aliphatic carbocycles. The van der Waals surface area contributed by atoms with Gasteiger partial charge in [-0.3, -0.25) is 9.59 Å². The van der Waals surface area contributed by atoms with Gasteiger partial charge in [-0.2, -0.15) is 5.10 Å². The monoisotopic (exact) mass is 367 g/mol. The maximum Gasteiger partial charge on any atom is 0.329 e. The molecule has 6 nitrogen and oxygen atoms in total. The van der Waals surface area contributed by atoms with Crippen LogP contribution in [0.2, 0.25) is 0 Å². The van der Waals surface area contributed by atoms with Crippen molar-refractivity contribution in [2.45, 2.75) is 33.1 Å². The first-order valence-corrected chi connectivity index (χ1v) is 9.02. The van der Waals surface area contributed by atoms with E-state index in [1.54, 1.807) is 24.3 Å². The second-order valence-electron chi connectivity index (χ2n) is 6.14. The van der Waals surface area contributed by atoms with E-state index in [1.165, 1.54) is 6.21 Å². The zero-order valence-corrected chi connectivity index (χ0v) is 15.7. The van der Waals surface area contributed by atoms with Crippen LogP contribution in [0.25, 0.3) is 0 Å². The van der Waals surface area contributed by atoms with Crippen LogP contribution in [0, 0.1) is 6.92 Å². The second-order valence-corrected chi connectivity index (χ2v) is 6.14. The smallest absolute Gasteiger partial charge is 0.329 e. The first-order valence-electron chi connectivity index (χ1n) is 9.02. The number of unbranched alkanes of at least 4 members (excludes halogenated alkanes) is 2. The molecular weight excluding hydrogens is 342 g/mol. The third-order valence-corrected chi connectivity index (χ3v) is 3.79. The topological polar surface area (TPSA) is 79.8 Å². The van der Waals surface area contributed by atoms with Crippen LogP contribution in [0.4, 0.5) is 5.69 Å². The van der Waals surface area contributed by atoms with E-state index < -0.39 is 11.8 Å². The van der Waals surface area contributed by atoms with E-state index in [4.69, 9.17) is 4.74 Å². The van der Waals surface area contributed by atoms with E-state index in [9.17, 15) is 9.59 Å². The van der Waals surface area contributed by atoms with Crippen LogP contribution in [0.5, 0.6) is 5.75 Å². The van der Waals surface area contributed by atoms with E-state index in [0.29, 0.717) is 12.3 Å². The number of carbonyl (C=O) groups is 2. The number of ether oxygens (including phenoxy) is 1. The Kier molecular flexibility index (Phi) is 8.03. The fraction of sp³-hybridized carbons (Fsp3) is 0.286. The minimum Gasteiger partial charge on any atom is -0.494 e. The van der Waals surface area contributed by atoms with Crippen LogP contribution < -0.4 is 15.5 Å². The van der Waals surface area contributed by atoms with E-state index in [-0.39, 0.29) is 0 Å². The molecule has 0 aliphatic heterocycles. The van der Waals surface area contributed by atoms with Crippen LogP contribution in [0.3, 0.4) is 0 Å². The Hall–Kier alpha value is -3.15. The molecule has 6 heteroatoms. The van der Waals surface area contributed by atoms with E-state index in [1.807, 2.05) is 31.2 Å². The van der Waals surface area contributed by atoms with Crippen molar-refractivity contribution in [1.82, 2.24) is 5.43 Å². The summed E-state index contributed by atoms with van der Waals surface area (Å²) in [5, 5.41) is 6.31. The maximum atomic E-state index is 11.9. The lowest BCUT2D eigenvalue weighted by molar-refractivity contribution is -0.136. The number of aryl methyl sites for hydroxylation is 1. The van der Waals surface area contributed by atoms with Crippen molar-refractivity contribution >= 4 is 23.7 Å². The molecular formula is C21H25N3O3. The standard InChI is InChI=1S/C21H25N3O3/c1-3-4-5-14-27-19-12-10-18(11-13-19)23-20(25)21(26)24-22-15-17-8-6-16(2)7-9-17/h6-13,15H,3-5,14H2,1-2H3,(H,23,25)(H,24,26). The molecule has 0 atom stereocenters. The van der Waals surface area contributed by atoms with Crippen LogP contribution in [-0.2, 0) is 9.59 Å². The molecule has 142 valence electrons. The summed E-state index contributed by atoms with van der Waals surface area (Å²) in [6.45, 7) is 4.79. The van der Waals surface area contributed by atoms with Gasteiger partial charge in [0, 0.05) is 5.69 Å². The van der Waals surface area contributed by atoms with Crippen LogP contribution >= 0.6 is 0 Å². The Morgan fingerprint density at radius 3 is 2.37 bits per heavy atom. The van der Waals surface area contributed by atoms with E-state index in [0.717, 1.165) is 36.1 Å². The predicted molar refractivity (Wildman–Crippen MR) is 107 cm³/mol. The molecule has 0 spiro atoms. The largest absolute Gasteiger partial charge is 0.494 e. The highest BCUT2D eigenvalue weighted by Crippen LogP contribution is 2.16. The summed E-state index contributed by atoms with van der Waals surface area (Å²) in [6, 6.07) is 14.5. The highest BCUT2D eigenvalue weighted by atomic mass is 16.5. The van der Waals surface area contributed by atoms with Crippen molar-refractivity contribution in [2.24, 2.45) is 5.10 Å². The number of nitrogens with zero attached hydrogens (tertiary/aromatic N) is 1. The van der Waals surface area contributed by atoms with Gasteiger partial charge in [0.15, 0.2) is 0 Å². The molecule has 2 N–H and O–H groups in total. The van der Waals surface area contributed by atoms with Gasteiger partial charge in [-0.05, 0) is 43.2 Å². The summed E-state index contributed by atoms with van der Waals surface area (Å²) in [6.07, 6.45) is 4.77. The predicted octanol–water partition coefficient (Wildman–Crippen LogP) is 3.65. The zero-order chi connectivity index (χ0) is 19.5.